The molecule has 0 spiro atoms. The van der Waals surface area contributed by atoms with Gasteiger partial charge >= 0.3 is 0 Å². The van der Waals surface area contributed by atoms with Crippen molar-refractivity contribution < 1.29 is 5.21 Å². The molecule has 0 aliphatic carbocycles. The summed E-state index contributed by atoms with van der Waals surface area (Å²) in [6.07, 6.45) is 1.30. The van der Waals surface area contributed by atoms with Gasteiger partial charge in [-0.3, -0.25) is 0 Å². The van der Waals surface area contributed by atoms with Crippen LogP contribution in [0.5, 0.6) is 0 Å². The van der Waals surface area contributed by atoms with Crippen LogP contribution >= 0.6 is 0 Å². The highest BCUT2D eigenvalue weighted by atomic mass is 16.4. The van der Waals surface area contributed by atoms with E-state index < -0.39 is 0 Å². The summed E-state index contributed by atoms with van der Waals surface area (Å²) in [7, 11) is 0. The number of hydrogen-bond donors (Lipinski definition) is 3. The third kappa shape index (κ3) is 1.11. The molecule has 0 amide bonds. The molecule has 0 bridgehead atoms. The average Bonchev–Trinajstić information content (AvgIpc) is 2.50. The number of aromatic nitrogens is 2. The van der Waals surface area contributed by atoms with E-state index in [4.69, 9.17) is 16.2 Å². The summed E-state index contributed by atoms with van der Waals surface area (Å²) in [5, 5.41) is 19.4. The minimum atomic E-state index is -0.154. The number of nitrogens with one attached hydrogen (secondary N) is 1. The van der Waals surface area contributed by atoms with E-state index in [0.29, 0.717) is 0 Å². The fourth-order valence-electron chi connectivity index (χ4n) is 0.624. The van der Waals surface area contributed by atoms with Crippen molar-refractivity contribution in [1.29, 1.82) is 5.26 Å². The predicted octanol–water partition coefficient (Wildman–Crippen LogP) is -0.624. The molecule has 11 heavy (non-hydrogen) atoms. The zero-order valence-electron chi connectivity index (χ0n) is 5.44. The Bertz CT molecular complexity index is 320. The molecule has 0 unspecified atom stereocenters. The Morgan fingerprint density at radius 1 is 1.91 bits per heavy atom. The second-order valence-corrected chi connectivity index (χ2v) is 1.72. The maximum atomic E-state index is 8.43. The molecule has 1 rings (SSSR count). The van der Waals surface area contributed by atoms with E-state index >= 15 is 0 Å². The first-order chi connectivity index (χ1) is 5.29. The smallest absolute Gasteiger partial charge is 0.189 e. The number of amidine groups is 1. The van der Waals surface area contributed by atoms with Gasteiger partial charge in [-0.05, 0) is 0 Å². The van der Waals surface area contributed by atoms with Gasteiger partial charge in [-0.2, -0.15) is 5.26 Å². The van der Waals surface area contributed by atoms with E-state index in [1.54, 1.807) is 6.07 Å². The van der Waals surface area contributed by atoms with Gasteiger partial charge in [0.1, 0.15) is 11.8 Å². The third-order valence-corrected chi connectivity index (χ3v) is 1.11. The van der Waals surface area contributed by atoms with Gasteiger partial charge in [-0.25, -0.2) is 4.98 Å². The Labute approximate surface area is 62.0 Å². The van der Waals surface area contributed by atoms with Crippen LogP contribution in [0.25, 0.3) is 0 Å². The number of nitriles is 1. The second-order valence-electron chi connectivity index (χ2n) is 1.72. The van der Waals surface area contributed by atoms with Crippen molar-refractivity contribution in [2.45, 2.75) is 0 Å². The van der Waals surface area contributed by atoms with E-state index in [1.807, 2.05) is 0 Å². The van der Waals surface area contributed by atoms with E-state index in [2.05, 4.69) is 15.1 Å². The van der Waals surface area contributed by atoms with Crippen LogP contribution in [0.1, 0.15) is 11.4 Å². The normalized spacial score (nSPS) is 11.0. The molecule has 6 nitrogen and oxygen atoms in total. The zero-order valence-corrected chi connectivity index (χ0v) is 5.44. The first-order valence-electron chi connectivity index (χ1n) is 2.71. The van der Waals surface area contributed by atoms with E-state index in [9.17, 15) is 0 Å². The Morgan fingerprint density at radius 2 is 2.64 bits per heavy atom. The summed E-state index contributed by atoms with van der Waals surface area (Å²) in [5.74, 6) is -0.154. The molecule has 0 aromatic carbocycles. The number of H-pyrrole nitrogens is 1. The van der Waals surface area contributed by atoms with Crippen LogP contribution in [0.15, 0.2) is 11.5 Å². The number of hydrogen-bond acceptors (Lipinski definition) is 4. The molecule has 56 valence electrons. The molecule has 1 aromatic heterocycles. The van der Waals surface area contributed by atoms with Gasteiger partial charge in [0.2, 0.25) is 0 Å². The number of nitrogens with two attached hydrogens (primary N) is 1. The summed E-state index contributed by atoms with van der Waals surface area (Å²) in [6, 6.07) is 1.78. The van der Waals surface area contributed by atoms with Crippen molar-refractivity contribution in [3.8, 4) is 6.07 Å². The van der Waals surface area contributed by atoms with Crippen molar-refractivity contribution >= 4 is 5.84 Å². The second kappa shape index (κ2) is 2.70. The fourth-order valence-corrected chi connectivity index (χ4v) is 0.624. The lowest BCUT2D eigenvalue weighted by molar-refractivity contribution is 0.318. The number of imidazole rings is 1. The summed E-state index contributed by atoms with van der Waals surface area (Å²) in [4.78, 5) is 6.17. The van der Waals surface area contributed by atoms with Gasteiger partial charge < -0.3 is 15.9 Å². The number of rotatable bonds is 1. The van der Waals surface area contributed by atoms with Crippen molar-refractivity contribution in [2.24, 2.45) is 10.9 Å². The van der Waals surface area contributed by atoms with Crippen LogP contribution < -0.4 is 5.73 Å². The molecule has 0 saturated carbocycles. The molecule has 0 saturated heterocycles. The van der Waals surface area contributed by atoms with Crippen molar-refractivity contribution in [3.63, 3.8) is 0 Å². The van der Waals surface area contributed by atoms with Crippen molar-refractivity contribution in [3.05, 3.63) is 17.7 Å². The van der Waals surface area contributed by atoms with Crippen LogP contribution in [-0.4, -0.2) is 21.0 Å². The van der Waals surface area contributed by atoms with Crippen molar-refractivity contribution in [2.75, 3.05) is 0 Å². The Balaban J connectivity index is 3.15. The van der Waals surface area contributed by atoms with Gasteiger partial charge in [0, 0.05) is 0 Å². The van der Waals surface area contributed by atoms with Crippen molar-refractivity contribution in [1.82, 2.24) is 9.97 Å². The lowest BCUT2D eigenvalue weighted by Crippen LogP contribution is -2.14. The van der Waals surface area contributed by atoms with E-state index in [-0.39, 0.29) is 17.2 Å². The molecule has 1 heterocycles. The van der Waals surface area contributed by atoms with E-state index in [0.717, 1.165) is 0 Å². The average molecular weight is 151 g/mol. The lowest BCUT2D eigenvalue weighted by atomic mass is 10.3. The van der Waals surface area contributed by atoms with Gasteiger partial charge in [0.25, 0.3) is 0 Å². The molecule has 0 aliphatic rings. The Kier molecular flexibility index (Phi) is 1.74. The molecular formula is C5H5N5O. The van der Waals surface area contributed by atoms with Crippen LogP contribution in [0.4, 0.5) is 0 Å². The largest absolute Gasteiger partial charge is 0.409 e. The minimum Gasteiger partial charge on any atom is -0.409 e. The maximum absolute atomic E-state index is 8.43. The molecule has 1 aromatic rings. The Morgan fingerprint density at radius 3 is 3.18 bits per heavy atom. The fraction of sp³-hybridized carbons (Fsp3) is 0. The molecule has 0 atom stereocenters. The van der Waals surface area contributed by atoms with Gasteiger partial charge in [-0.1, -0.05) is 5.16 Å². The standard InChI is InChI=1S/C5H5N5O/c6-1-3-4(5(7)10-11)9-2-8-3/h2,11H,(H2,7,10)(H,8,9). The highest BCUT2D eigenvalue weighted by Gasteiger charge is 2.07. The summed E-state index contributed by atoms with van der Waals surface area (Å²) < 4.78 is 0. The van der Waals surface area contributed by atoms with Gasteiger partial charge in [0.05, 0.1) is 6.33 Å². The number of aromatic amines is 1. The predicted molar refractivity (Wildman–Crippen MR) is 35.8 cm³/mol. The minimum absolute atomic E-state index is 0.111. The highest BCUT2D eigenvalue weighted by molar-refractivity contribution is 5.96. The summed E-state index contributed by atoms with van der Waals surface area (Å²) >= 11 is 0. The monoisotopic (exact) mass is 151 g/mol. The number of oxime groups is 1. The first kappa shape index (κ1) is 7.08. The van der Waals surface area contributed by atoms with Crippen LogP contribution in [0.3, 0.4) is 0 Å². The molecule has 0 fully saturated rings. The van der Waals surface area contributed by atoms with Crippen LogP contribution in [0.2, 0.25) is 0 Å². The van der Waals surface area contributed by atoms with E-state index in [1.165, 1.54) is 6.33 Å². The van der Waals surface area contributed by atoms with Crippen LogP contribution in [-0.2, 0) is 0 Å². The van der Waals surface area contributed by atoms with Gasteiger partial charge in [0.15, 0.2) is 11.5 Å². The third-order valence-electron chi connectivity index (χ3n) is 1.11. The Hall–Kier alpha value is -2.03. The first-order valence-corrected chi connectivity index (χ1v) is 2.71. The van der Waals surface area contributed by atoms with Crippen LogP contribution in [0, 0.1) is 11.3 Å². The summed E-state index contributed by atoms with van der Waals surface area (Å²) in [5.41, 5.74) is 5.54. The van der Waals surface area contributed by atoms with Gasteiger partial charge in [-0.15, -0.1) is 0 Å². The molecule has 4 N–H and O–H groups in total. The SMILES string of the molecule is N#Cc1nc[nH]c1/C(N)=N/O. The zero-order chi connectivity index (χ0) is 8.27. The quantitative estimate of drug-likeness (QED) is 0.215. The molecule has 0 aliphatic heterocycles. The molecule has 6 heteroatoms. The summed E-state index contributed by atoms with van der Waals surface area (Å²) in [6.45, 7) is 0. The molecular weight excluding hydrogens is 146 g/mol. The molecule has 0 radical (unpaired) electrons. The highest BCUT2D eigenvalue weighted by Crippen LogP contribution is 1.98. The lowest BCUT2D eigenvalue weighted by Gasteiger charge is -1.90. The number of nitrogens with zero attached hydrogens (tertiary/aromatic N) is 3. The maximum Gasteiger partial charge on any atom is 0.189 e. The topological polar surface area (TPSA) is 111 Å².